The minimum absolute atomic E-state index is 0.150. The van der Waals surface area contributed by atoms with E-state index in [0.29, 0.717) is 12.2 Å². The molecule has 0 aromatic carbocycles. The molecule has 8 nitrogen and oxygen atoms in total. The summed E-state index contributed by atoms with van der Waals surface area (Å²) in [7, 11) is 0. The van der Waals surface area contributed by atoms with Crippen molar-refractivity contribution in [2.45, 2.75) is 19.4 Å². The summed E-state index contributed by atoms with van der Waals surface area (Å²) in [6.45, 7) is 1.96. The fourth-order valence-electron chi connectivity index (χ4n) is 1.44. The second-order valence-corrected chi connectivity index (χ2v) is 3.78. The first kappa shape index (κ1) is 15.0. The molecule has 1 atom stereocenters. The van der Waals surface area contributed by atoms with Gasteiger partial charge in [0.15, 0.2) is 0 Å². The number of carboxylic acids is 1. The maximum absolute atomic E-state index is 11.6. The van der Waals surface area contributed by atoms with E-state index < -0.39 is 5.97 Å². The number of aromatic nitrogens is 2. The third-order valence-corrected chi connectivity index (χ3v) is 2.32. The fourth-order valence-corrected chi connectivity index (χ4v) is 1.44. The number of hydrogen-bond donors (Lipinski definition) is 4. The van der Waals surface area contributed by atoms with E-state index in [0.717, 1.165) is 0 Å². The number of aromatic amines is 1. The maximum atomic E-state index is 11.6. The molecule has 1 rings (SSSR count). The molecule has 0 bridgehead atoms. The van der Waals surface area contributed by atoms with Gasteiger partial charge in [0.05, 0.1) is 12.6 Å². The molecule has 0 aliphatic carbocycles. The molecular weight excluding hydrogens is 252 g/mol. The minimum Gasteiger partial charge on any atom is -0.480 e. The van der Waals surface area contributed by atoms with Gasteiger partial charge in [-0.25, -0.2) is 14.6 Å². The Bertz CT molecular complexity index is 393. The lowest BCUT2D eigenvalue weighted by Gasteiger charge is -2.15. The standard InChI is InChI=1S/C11H18N4O4/c1-2-8(10-12-3-4-13-10)15-11(18)14-5-6-19-7-9(16)17/h3-4,8H,2,5-7H2,1H3,(H,12,13)(H,16,17)(H2,14,15,18). The van der Waals surface area contributed by atoms with Gasteiger partial charge in [0.25, 0.3) is 0 Å². The van der Waals surface area contributed by atoms with E-state index in [-0.39, 0.29) is 31.8 Å². The molecule has 0 spiro atoms. The molecule has 0 aliphatic rings. The molecule has 0 saturated heterocycles. The van der Waals surface area contributed by atoms with Crippen LogP contribution in [0.1, 0.15) is 25.2 Å². The SMILES string of the molecule is CCC(NC(=O)NCCOCC(=O)O)c1ncc[nH]1. The van der Waals surface area contributed by atoms with Crippen molar-refractivity contribution < 1.29 is 19.4 Å². The van der Waals surface area contributed by atoms with Crippen molar-refractivity contribution in [2.75, 3.05) is 19.8 Å². The summed E-state index contributed by atoms with van der Waals surface area (Å²) in [6, 6.07) is -0.530. The van der Waals surface area contributed by atoms with E-state index >= 15 is 0 Å². The van der Waals surface area contributed by atoms with E-state index in [9.17, 15) is 9.59 Å². The molecule has 0 radical (unpaired) electrons. The highest BCUT2D eigenvalue weighted by molar-refractivity contribution is 5.74. The highest BCUT2D eigenvalue weighted by atomic mass is 16.5. The lowest BCUT2D eigenvalue weighted by atomic mass is 10.2. The molecule has 106 valence electrons. The van der Waals surface area contributed by atoms with Gasteiger partial charge in [-0.15, -0.1) is 0 Å². The average molecular weight is 270 g/mol. The number of hydrogen-bond acceptors (Lipinski definition) is 4. The summed E-state index contributed by atoms with van der Waals surface area (Å²) in [4.78, 5) is 28.8. The third-order valence-electron chi connectivity index (χ3n) is 2.32. The number of ether oxygens (including phenoxy) is 1. The Kier molecular flexibility index (Phi) is 6.37. The molecule has 4 N–H and O–H groups in total. The van der Waals surface area contributed by atoms with Gasteiger partial charge in [-0.05, 0) is 6.42 Å². The molecule has 0 fully saturated rings. The van der Waals surface area contributed by atoms with Crippen LogP contribution in [-0.2, 0) is 9.53 Å². The number of carboxylic acid groups (broad SMARTS) is 1. The zero-order chi connectivity index (χ0) is 14.1. The first-order valence-electron chi connectivity index (χ1n) is 5.96. The van der Waals surface area contributed by atoms with Crippen LogP contribution in [0.4, 0.5) is 4.79 Å². The summed E-state index contributed by atoms with van der Waals surface area (Å²) in [5.74, 6) is -0.340. The third kappa shape index (κ3) is 5.87. The molecule has 1 heterocycles. The average Bonchev–Trinajstić information content (AvgIpc) is 2.88. The number of carbonyl (C=O) groups excluding carboxylic acids is 1. The number of imidazole rings is 1. The number of nitrogens with zero attached hydrogens (tertiary/aromatic N) is 1. The van der Waals surface area contributed by atoms with Gasteiger partial charge >= 0.3 is 12.0 Å². The Morgan fingerprint density at radius 2 is 2.37 bits per heavy atom. The van der Waals surface area contributed by atoms with Crippen LogP contribution in [0.5, 0.6) is 0 Å². The van der Waals surface area contributed by atoms with Gasteiger partial charge in [0.1, 0.15) is 12.4 Å². The second-order valence-electron chi connectivity index (χ2n) is 3.78. The zero-order valence-electron chi connectivity index (χ0n) is 10.7. The van der Waals surface area contributed by atoms with E-state index in [1.54, 1.807) is 12.4 Å². The minimum atomic E-state index is -1.03. The van der Waals surface area contributed by atoms with E-state index in [2.05, 4.69) is 20.6 Å². The number of urea groups is 1. The summed E-state index contributed by atoms with van der Waals surface area (Å²) >= 11 is 0. The Morgan fingerprint density at radius 3 is 2.95 bits per heavy atom. The highest BCUT2D eigenvalue weighted by Gasteiger charge is 2.13. The molecule has 0 saturated carbocycles. The first-order valence-corrected chi connectivity index (χ1v) is 5.96. The van der Waals surface area contributed by atoms with Crippen LogP contribution < -0.4 is 10.6 Å². The molecule has 8 heteroatoms. The van der Waals surface area contributed by atoms with Crippen LogP contribution in [0.15, 0.2) is 12.4 Å². The van der Waals surface area contributed by atoms with Gasteiger partial charge in [-0.1, -0.05) is 6.92 Å². The smallest absolute Gasteiger partial charge is 0.329 e. The Hall–Kier alpha value is -2.09. The van der Waals surface area contributed by atoms with Crippen molar-refractivity contribution in [1.29, 1.82) is 0 Å². The number of carbonyl (C=O) groups is 2. The van der Waals surface area contributed by atoms with Gasteiger partial charge < -0.3 is 25.5 Å². The van der Waals surface area contributed by atoms with Crippen LogP contribution in [0.3, 0.4) is 0 Å². The highest BCUT2D eigenvalue weighted by Crippen LogP contribution is 2.10. The molecule has 1 unspecified atom stereocenters. The molecule has 1 aromatic rings. The largest absolute Gasteiger partial charge is 0.480 e. The monoisotopic (exact) mass is 270 g/mol. The van der Waals surface area contributed by atoms with Crippen LogP contribution in [0.25, 0.3) is 0 Å². The summed E-state index contributed by atoms with van der Waals surface area (Å²) in [5, 5.41) is 13.7. The maximum Gasteiger partial charge on any atom is 0.329 e. The molecule has 2 amide bonds. The van der Waals surface area contributed by atoms with Crippen molar-refractivity contribution in [3.63, 3.8) is 0 Å². The van der Waals surface area contributed by atoms with Crippen molar-refractivity contribution in [3.05, 3.63) is 18.2 Å². The summed E-state index contributed by atoms with van der Waals surface area (Å²) < 4.78 is 4.79. The number of amides is 2. The lowest BCUT2D eigenvalue weighted by molar-refractivity contribution is -0.142. The second kappa shape index (κ2) is 8.09. The van der Waals surface area contributed by atoms with Crippen molar-refractivity contribution in [3.8, 4) is 0 Å². The van der Waals surface area contributed by atoms with Crippen LogP contribution in [0, 0.1) is 0 Å². The Balaban J connectivity index is 2.21. The fraction of sp³-hybridized carbons (Fsp3) is 0.545. The number of aliphatic carboxylic acids is 1. The predicted octanol–water partition coefficient (Wildman–Crippen LogP) is 0.261. The van der Waals surface area contributed by atoms with E-state index in [1.807, 2.05) is 6.92 Å². The van der Waals surface area contributed by atoms with Gasteiger partial charge in [0.2, 0.25) is 0 Å². The van der Waals surface area contributed by atoms with Gasteiger partial charge in [-0.2, -0.15) is 0 Å². The normalized spacial score (nSPS) is 11.8. The number of rotatable bonds is 8. The summed E-state index contributed by atoms with van der Waals surface area (Å²) in [6.07, 6.45) is 4.02. The van der Waals surface area contributed by atoms with Crippen molar-refractivity contribution >= 4 is 12.0 Å². The molecule has 0 aliphatic heterocycles. The number of H-pyrrole nitrogens is 1. The first-order chi connectivity index (χ1) is 9.13. The predicted molar refractivity (Wildman–Crippen MR) is 66.6 cm³/mol. The zero-order valence-corrected chi connectivity index (χ0v) is 10.7. The molecule has 1 aromatic heterocycles. The molecular formula is C11H18N4O4. The van der Waals surface area contributed by atoms with Crippen molar-refractivity contribution in [1.82, 2.24) is 20.6 Å². The quantitative estimate of drug-likeness (QED) is 0.506. The van der Waals surface area contributed by atoms with Crippen LogP contribution >= 0.6 is 0 Å². The Morgan fingerprint density at radius 1 is 1.58 bits per heavy atom. The van der Waals surface area contributed by atoms with Gasteiger partial charge in [-0.3, -0.25) is 0 Å². The van der Waals surface area contributed by atoms with Gasteiger partial charge in [0, 0.05) is 18.9 Å². The van der Waals surface area contributed by atoms with Crippen molar-refractivity contribution in [2.24, 2.45) is 0 Å². The van der Waals surface area contributed by atoms with E-state index in [4.69, 9.17) is 9.84 Å². The topological polar surface area (TPSA) is 116 Å². The lowest BCUT2D eigenvalue weighted by Crippen LogP contribution is -2.39. The summed E-state index contributed by atoms with van der Waals surface area (Å²) in [5.41, 5.74) is 0. The molecule has 19 heavy (non-hydrogen) atoms. The van der Waals surface area contributed by atoms with Crippen LogP contribution in [0.2, 0.25) is 0 Å². The van der Waals surface area contributed by atoms with Crippen LogP contribution in [-0.4, -0.2) is 46.8 Å². The van der Waals surface area contributed by atoms with E-state index in [1.165, 1.54) is 0 Å². The Labute approximate surface area is 110 Å². The number of nitrogens with one attached hydrogen (secondary N) is 3.